The first-order valence-corrected chi connectivity index (χ1v) is 13.0. The molecule has 2 fully saturated rings. The van der Waals surface area contributed by atoms with E-state index in [1.54, 1.807) is 4.90 Å². The molecule has 4 atom stereocenters. The van der Waals surface area contributed by atoms with E-state index in [1.165, 1.54) is 31.4 Å². The monoisotopic (exact) mass is 549 g/mol. The van der Waals surface area contributed by atoms with E-state index in [9.17, 15) is 27.6 Å². The number of benzene rings is 1. The second kappa shape index (κ2) is 11.0. The minimum atomic E-state index is -4.51. The van der Waals surface area contributed by atoms with Crippen LogP contribution in [0, 0.1) is 5.92 Å². The van der Waals surface area contributed by atoms with Crippen LogP contribution in [0.5, 0.6) is 0 Å². The van der Waals surface area contributed by atoms with Gasteiger partial charge in [0.05, 0.1) is 18.6 Å². The van der Waals surface area contributed by atoms with Gasteiger partial charge < -0.3 is 24.7 Å². The van der Waals surface area contributed by atoms with Crippen LogP contribution in [0.3, 0.4) is 0 Å². The van der Waals surface area contributed by atoms with Crippen molar-refractivity contribution in [3.8, 4) is 11.3 Å². The molecule has 0 radical (unpaired) electrons. The van der Waals surface area contributed by atoms with Crippen LogP contribution in [0.1, 0.15) is 62.6 Å². The number of likely N-dealkylation sites (tertiary alicyclic amines) is 1. The summed E-state index contributed by atoms with van der Waals surface area (Å²) in [5, 5.41) is 6.21. The molecular formula is C28H34F3N3O5. The van der Waals surface area contributed by atoms with Crippen LogP contribution >= 0.6 is 0 Å². The van der Waals surface area contributed by atoms with Gasteiger partial charge in [-0.1, -0.05) is 12.1 Å². The standard InChI is InChI=1S/C28H34F3N3O5/c1-27(2,3)33-18-8-9-21(19(15-18)26(37)38-4)34-13-12-20(25(34)36)32-24(35)23-11-10-22(39-23)16-6-5-7-17(14-16)28(29,30)31/h5-7,10-11,14,18-21,33H,8-9,12-13,15H2,1-4H3,(H,32,35)/t18?,19?,20-,21?/m0/s1. The topological polar surface area (TPSA) is 101 Å². The van der Waals surface area contributed by atoms with Gasteiger partial charge in [0.15, 0.2) is 5.76 Å². The molecule has 1 aromatic carbocycles. The summed E-state index contributed by atoms with van der Waals surface area (Å²) in [7, 11) is 1.34. The number of carbonyl (C=O) groups is 3. The number of amides is 2. The lowest BCUT2D eigenvalue weighted by molar-refractivity contribution is -0.151. The number of carbonyl (C=O) groups excluding carboxylic acids is 3. The number of hydrogen-bond donors (Lipinski definition) is 2. The van der Waals surface area contributed by atoms with Gasteiger partial charge >= 0.3 is 12.1 Å². The molecule has 2 heterocycles. The number of alkyl halides is 3. The molecule has 8 nitrogen and oxygen atoms in total. The number of furan rings is 1. The third-order valence-electron chi connectivity index (χ3n) is 7.20. The Balaban J connectivity index is 1.42. The largest absolute Gasteiger partial charge is 0.469 e. The fourth-order valence-electron chi connectivity index (χ4n) is 5.53. The van der Waals surface area contributed by atoms with Gasteiger partial charge in [-0.2, -0.15) is 13.2 Å². The normalized spacial score (nSPS) is 24.1. The van der Waals surface area contributed by atoms with Crippen LogP contribution in [-0.2, 0) is 20.5 Å². The molecule has 4 rings (SSSR count). The number of esters is 1. The third kappa shape index (κ3) is 6.63. The zero-order valence-corrected chi connectivity index (χ0v) is 22.4. The average molecular weight is 550 g/mol. The van der Waals surface area contributed by atoms with Crippen LogP contribution in [0.25, 0.3) is 11.3 Å². The van der Waals surface area contributed by atoms with E-state index >= 15 is 0 Å². The molecule has 0 spiro atoms. The first kappa shape index (κ1) is 28.7. The maximum Gasteiger partial charge on any atom is 0.416 e. The number of hydrogen-bond acceptors (Lipinski definition) is 6. The van der Waals surface area contributed by atoms with Crippen LogP contribution < -0.4 is 10.6 Å². The van der Waals surface area contributed by atoms with Crippen molar-refractivity contribution >= 4 is 17.8 Å². The van der Waals surface area contributed by atoms with E-state index in [0.29, 0.717) is 25.8 Å². The first-order chi connectivity index (χ1) is 18.3. The van der Waals surface area contributed by atoms with Crippen molar-refractivity contribution in [2.75, 3.05) is 13.7 Å². The minimum absolute atomic E-state index is 0.104. The molecule has 2 amide bonds. The van der Waals surface area contributed by atoms with Crippen molar-refractivity contribution in [1.82, 2.24) is 15.5 Å². The quantitative estimate of drug-likeness (QED) is 0.519. The van der Waals surface area contributed by atoms with Gasteiger partial charge in [0.1, 0.15) is 11.8 Å². The summed E-state index contributed by atoms with van der Waals surface area (Å²) < 4.78 is 49.8. The Hall–Kier alpha value is -3.34. The number of rotatable bonds is 6. The molecule has 2 aromatic rings. The molecule has 1 saturated carbocycles. The summed E-state index contributed by atoms with van der Waals surface area (Å²) in [5.41, 5.74) is -0.769. The predicted octanol–water partition coefficient (Wildman–Crippen LogP) is 4.39. The SMILES string of the molecule is COC(=O)C1CC(NC(C)(C)C)CCC1N1CC[C@H](NC(=O)c2ccc(-c3cccc(C(F)(F)F)c3)o2)C1=O. The van der Waals surface area contributed by atoms with E-state index in [1.807, 2.05) is 0 Å². The summed E-state index contributed by atoms with van der Waals surface area (Å²) >= 11 is 0. The van der Waals surface area contributed by atoms with Gasteiger partial charge in [-0.15, -0.1) is 0 Å². The van der Waals surface area contributed by atoms with E-state index in [0.717, 1.165) is 18.6 Å². The maximum absolute atomic E-state index is 13.3. The van der Waals surface area contributed by atoms with Gasteiger partial charge in [0.25, 0.3) is 5.91 Å². The Bertz CT molecular complexity index is 1220. The van der Waals surface area contributed by atoms with E-state index in [4.69, 9.17) is 9.15 Å². The molecular weight excluding hydrogens is 515 g/mol. The van der Waals surface area contributed by atoms with Crippen molar-refractivity contribution in [3.63, 3.8) is 0 Å². The van der Waals surface area contributed by atoms with Crippen LogP contribution in [-0.4, -0.2) is 60.0 Å². The highest BCUT2D eigenvalue weighted by molar-refractivity contribution is 5.96. The first-order valence-electron chi connectivity index (χ1n) is 13.0. The highest BCUT2D eigenvalue weighted by Crippen LogP contribution is 2.34. The number of nitrogens with one attached hydrogen (secondary N) is 2. The lowest BCUT2D eigenvalue weighted by Crippen LogP contribution is -2.55. The molecule has 11 heteroatoms. The van der Waals surface area contributed by atoms with Crippen LogP contribution in [0.15, 0.2) is 40.8 Å². The summed E-state index contributed by atoms with van der Waals surface area (Å²) in [4.78, 5) is 40.5. The summed E-state index contributed by atoms with van der Waals surface area (Å²) in [5.74, 6) is -1.78. The molecule has 1 aliphatic heterocycles. The van der Waals surface area contributed by atoms with Crippen LogP contribution in [0.4, 0.5) is 13.2 Å². The molecule has 0 bridgehead atoms. The molecule has 1 aromatic heterocycles. The second-order valence-corrected chi connectivity index (χ2v) is 11.2. The van der Waals surface area contributed by atoms with E-state index < -0.39 is 29.6 Å². The molecule has 1 aliphatic carbocycles. The average Bonchev–Trinajstić information content (AvgIpc) is 3.50. The molecule has 2 N–H and O–H groups in total. The summed E-state index contributed by atoms with van der Waals surface area (Å²) in [6.07, 6.45) is -2.19. The van der Waals surface area contributed by atoms with E-state index in [2.05, 4.69) is 31.4 Å². The number of ether oxygens (including phenoxy) is 1. The molecule has 212 valence electrons. The van der Waals surface area contributed by atoms with Gasteiger partial charge in [-0.3, -0.25) is 14.4 Å². The van der Waals surface area contributed by atoms with Gasteiger partial charge in [0.2, 0.25) is 5.91 Å². The molecule has 39 heavy (non-hydrogen) atoms. The predicted molar refractivity (Wildman–Crippen MR) is 137 cm³/mol. The van der Waals surface area contributed by atoms with Crippen LogP contribution in [0.2, 0.25) is 0 Å². The fourth-order valence-corrected chi connectivity index (χ4v) is 5.53. The van der Waals surface area contributed by atoms with Gasteiger partial charge in [-0.05, 0) is 70.7 Å². The number of nitrogens with zero attached hydrogens (tertiary/aromatic N) is 1. The summed E-state index contributed by atoms with van der Waals surface area (Å²) in [6, 6.07) is 6.38. The number of halogens is 3. The van der Waals surface area contributed by atoms with Crippen molar-refractivity contribution in [2.45, 2.75) is 76.3 Å². The van der Waals surface area contributed by atoms with Gasteiger partial charge in [-0.25, -0.2) is 0 Å². The second-order valence-electron chi connectivity index (χ2n) is 11.2. The van der Waals surface area contributed by atoms with Crippen molar-refractivity contribution in [2.24, 2.45) is 5.92 Å². The minimum Gasteiger partial charge on any atom is -0.469 e. The summed E-state index contributed by atoms with van der Waals surface area (Å²) in [6.45, 7) is 6.56. The van der Waals surface area contributed by atoms with Crippen molar-refractivity contribution < 1.29 is 36.7 Å². The lowest BCUT2D eigenvalue weighted by atomic mass is 9.80. The van der Waals surface area contributed by atoms with Crippen molar-refractivity contribution in [3.05, 3.63) is 47.7 Å². The molecule has 1 saturated heterocycles. The fraction of sp³-hybridized carbons (Fsp3) is 0.536. The highest BCUT2D eigenvalue weighted by Gasteiger charge is 2.45. The Morgan fingerprint density at radius 3 is 2.49 bits per heavy atom. The third-order valence-corrected chi connectivity index (χ3v) is 7.20. The van der Waals surface area contributed by atoms with Gasteiger partial charge in [0, 0.05) is 29.7 Å². The van der Waals surface area contributed by atoms with Crippen molar-refractivity contribution in [1.29, 1.82) is 0 Å². The van der Waals surface area contributed by atoms with E-state index in [-0.39, 0.29) is 46.6 Å². The smallest absolute Gasteiger partial charge is 0.416 e. The highest BCUT2D eigenvalue weighted by atomic mass is 19.4. The Morgan fingerprint density at radius 2 is 1.82 bits per heavy atom. The molecule has 2 aliphatic rings. The lowest BCUT2D eigenvalue weighted by Gasteiger charge is -2.41. The Labute approximate surface area is 225 Å². The molecule has 3 unspecified atom stereocenters. The Morgan fingerprint density at radius 1 is 1.08 bits per heavy atom. The maximum atomic E-state index is 13.3. The zero-order valence-electron chi connectivity index (χ0n) is 22.4. The number of methoxy groups -OCH3 is 1. The Kier molecular flexibility index (Phi) is 8.11. The zero-order chi connectivity index (χ0) is 28.5.